The van der Waals surface area contributed by atoms with Crippen molar-refractivity contribution < 1.29 is 14.0 Å². The van der Waals surface area contributed by atoms with Gasteiger partial charge in [-0.3, -0.25) is 9.59 Å². The van der Waals surface area contributed by atoms with E-state index in [0.29, 0.717) is 11.3 Å². The predicted octanol–water partition coefficient (Wildman–Crippen LogP) is 2.84. The fourth-order valence-electron chi connectivity index (χ4n) is 1.78. The number of halogens is 1. The summed E-state index contributed by atoms with van der Waals surface area (Å²) in [5.74, 6) is -0.837. The number of hydrogen-bond acceptors (Lipinski definition) is 2. The van der Waals surface area contributed by atoms with Crippen LogP contribution in [0.1, 0.15) is 15.9 Å². The van der Waals surface area contributed by atoms with Crippen LogP contribution in [0.2, 0.25) is 0 Å². The molecule has 0 bridgehead atoms. The Hall–Kier alpha value is -2.95. The summed E-state index contributed by atoms with van der Waals surface area (Å²) in [7, 11) is 1.57. The molecule has 5 heteroatoms. The van der Waals surface area contributed by atoms with Crippen molar-refractivity contribution in [2.75, 3.05) is 12.4 Å². The number of hydrogen-bond donors (Lipinski definition) is 2. The van der Waals surface area contributed by atoms with E-state index in [1.165, 1.54) is 30.3 Å². The van der Waals surface area contributed by atoms with Gasteiger partial charge in [0.05, 0.1) is 0 Å². The molecule has 2 amide bonds. The number of carbonyl (C=O) groups excluding carboxylic acids is 2. The maximum atomic E-state index is 12.8. The Morgan fingerprint density at radius 2 is 1.64 bits per heavy atom. The largest absolute Gasteiger partial charge is 0.355 e. The zero-order chi connectivity index (χ0) is 15.9. The Bertz CT molecular complexity index is 692. The molecule has 0 atom stereocenters. The molecule has 0 fully saturated rings. The van der Waals surface area contributed by atoms with Crippen LogP contribution in [0.4, 0.5) is 10.1 Å². The minimum atomic E-state index is -0.357. The first-order chi connectivity index (χ1) is 10.6. The van der Waals surface area contributed by atoms with Gasteiger partial charge in [-0.15, -0.1) is 0 Å². The summed E-state index contributed by atoms with van der Waals surface area (Å²) in [5.41, 5.74) is 1.86. The maximum absolute atomic E-state index is 12.8. The molecule has 0 spiro atoms. The van der Waals surface area contributed by atoms with Gasteiger partial charge in [0, 0.05) is 24.4 Å². The second-order valence-electron chi connectivity index (χ2n) is 4.53. The van der Waals surface area contributed by atoms with Crippen LogP contribution in [0.15, 0.2) is 54.6 Å². The van der Waals surface area contributed by atoms with Crippen molar-refractivity contribution in [3.63, 3.8) is 0 Å². The van der Waals surface area contributed by atoms with Crippen LogP contribution in [0.3, 0.4) is 0 Å². The number of rotatable bonds is 4. The summed E-state index contributed by atoms with van der Waals surface area (Å²) in [6, 6.07) is 12.4. The molecule has 112 valence electrons. The van der Waals surface area contributed by atoms with Crippen molar-refractivity contribution in [1.29, 1.82) is 0 Å². The molecule has 0 radical (unpaired) electrons. The average Bonchev–Trinajstić information content (AvgIpc) is 2.55. The number of benzene rings is 2. The minimum absolute atomic E-state index is 0.162. The fourth-order valence-corrected chi connectivity index (χ4v) is 1.78. The highest BCUT2D eigenvalue weighted by molar-refractivity contribution is 6.02. The van der Waals surface area contributed by atoms with Gasteiger partial charge in [-0.1, -0.05) is 12.1 Å². The van der Waals surface area contributed by atoms with Crippen LogP contribution in [-0.2, 0) is 4.79 Å². The monoisotopic (exact) mass is 298 g/mol. The van der Waals surface area contributed by atoms with Gasteiger partial charge >= 0.3 is 0 Å². The van der Waals surface area contributed by atoms with E-state index in [1.807, 2.05) is 0 Å². The number of nitrogens with one attached hydrogen (secondary N) is 2. The van der Waals surface area contributed by atoms with Gasteiger partial charge in [-0.2, -0.15) is 0 Å². The molecule has 22 heavy (non-hydrogen) atoms. The summed E-state index contributed by atoms with van der Waals surface area (Å²) in [6.07, 6.45) is 3.00. The van der Waals surface area contributed by atoms with Crippen molar-refractivity contribution >= 4 is 23.6 Å². The molecule has 2 rings (SSSR count). The van der Waals surface area contributed by atoms with E-state index >= 15 is 0 Å². The van der Waals surface area contributed by atoms with E-state index < -0.39 is 0 Å². The summed E-state index contributed by atoms with van der Waals surface area (Å²) in [5, 5.41) is 5.16. The normalized spacial score (nSPS) is 10.5. The molecule has 0 saturated carbocycles. The molecule has 2 aromatic rings. The van der Waals surface area contributed by atoms with Gasteiger partial charge in [0.15, 0.2) is 0 Å². The highest BCUT2D eigenvalue weighted by Gasteiger charge is 2.01. The van der Waals surface area contributed by atoms with Gasteiger partial charge in [0.2, 0.25) is 5.91 Å². The smallest absolute Gasteiger partial charge is 0.251 e. The molecule has 2 N–H and O–H groups in total. The SMILES string of the molecule is CNC(=O)c1ccc(/C=C/C(=O)Nc2ccc(F)cc2)cc1. The molecule has 4 nitrogen and oxygen atoms in total. The standard InChI is InChI=1S/C17H15FN2O2/c1-19-17(22)13-5-2-12(3-6-13)4-11-16(21)20-15-9-7-14(18)8-10-15/h2-11H,1H3,(H,19,22)(H,20,21)/b11-4+. The van der Waals surface area contributed by atoms with E-state index in [4.69, 9.17) is 0 Å². The van der Waals surface area contributed by atoms with Crippen LogP contribution in [0.5, 0.6) is 0 Å². The lowest BCUT2D eigenvalue weighted by Crippen LogP contribution is -2.17. The van der Waals surface area contributed by atoms with E-state index in [2.05, 4.69) is 10.6 Å². The lowest BCUT2D eigenvalue weighted by atomic mass is 10.1. The Kier molecular flexibility index (Phi) is 5.03. The maximum Gasteiger partial charge on any atom is 0.251 e. The summed E-state index contributed by atoms with van der Waals surface area (Å²) < 4.78 is 12.8. The zero-order valence-electron chi connectivity index (χ0n) is 12.0. The fraction of sp³-hybridized carbons (Fsp3) is 0.0588. The second-order valence-corrected chi connectivity index (χ2v) is 4.53. The molecule has 0 aliphatic carbocycles. The van der Waals surface area contributed by atoms with Gasteiger partial charge < -0.3 is 10.6 Å². The average molecular weight is 298 g/mol. The molecule has 0 aromatic heterocycles. The summed E-state index contributed by atoms with van der Waals surface area (Å²) >= 11 is 0. The van der Waals surface area contributed by atoms with Crippen LogP contribution in [0, 0.1) is 5.82 Å². The molecule has 0 aliphatic rings. The van der Waals surface area contributed by atoms with E-state index in [9.17, 15) is 14.0 Å². The van der Waals surface area contributed by atoms with Crippen molar-refractivity contribution in [3.05, 3.63) is 71.6 Å². The molecule has 0 heterocycles. The predicted molar refractivity (Wildman–Crippen MR) is 83.9 cm³/mol. The summed E-state index contributed by atoms with van der Waals surface area (Å²) in [6.45, 7) is 0. The Morgan fingerprint density at radius 3 is 2.23 bits per heavy atom. The van der Waals surface area contributed by atoms with Crippen LogP contribution in [-0.4, -0.2) is 18.9 Å². The third kappa shape index (κ3) is 4.28. The number of anilines is 1. The first kappa shape index (κ1) is 15.4. The Balaban J connectivity index is 1.97. The van der Waals surface area contributed by atoms with Crippen LogP contribution in [0.25, 0.3) is 6.08 Å². The van der Waals surface area contributed by atoms with Crippen LogP contribution < -0.4 is 10.6 Å². The van der Waals surface area contributed by atoms with Crippen molar-refractivity contribution in [3.8, 4) is 0 Å². The Labute approximate surface area is 127 Å². The third-order valence-corrected chi connectivity index (χ3v) is 2.94. The number of carbonyl (C=O) groups is 2. The molecule has 2 aromatic carbocycles. The quantitative estimate of drug-likeness (QED) is 0.853. The number of amides is 2. The Morgan fingerprint density at radius 1 is 1.00 bits per heavy atom. The van der Waals surface area contributed by atoms with Crippen molar-refractivity contribution in [2.45, 2.75) is 0 Å². The second kappa shape index (κ2) is 7.17. The van der Waals surface area contributed by atoms with Crippen molar-refractivity contribution in [2.24, 2.45) is 0 Å². The van der Waals surface area contributed by atoms with E-state index in [-0.39, 0.29) is 17.6 Å². The lowest BCUT2D eigenvalue weighted by molar-refractivity contribution is -0.111. The third-order valence-electron chi connectivity index (χ3n) is 2.94. The van der Waals surface area contributed by atoms with Gasteiger partial charge in [-0.05, 0) is 48.0 Å². The molecule has 0 saturated heterocycles. The van der Waals surface area contributed by atoms with Gasteiger partial charge in [-0.25, -0.2) is 4.39 Å². The summed E-state index contributed by atoms with van der Waals surface area (Å²) in [4.78, 5) is 23.1. The topological polar surface area (TPSA) is 58.2 Å². The highest BCUT2D eigenvalue weighted by Crippen LogP contribution is 2.09. The lowest BCUT2D eigenvalue weighted by Gasteiger charge is -2.02. The van der Waals surface area contributed by atoms with E-state index in [1.54, 1.807) is 37.4 Å². The first-order valence-electron chi connectivity index (χ1n) is 6.65. The van der Waals surface area contributed by atoms with Gasteiger partial charge in [0.25, 0.3) is 5.91 Å². The zero-order valence-corrected chi connectivity index (χ0v) is 12.0. The molecular weight excluding hydrogens is 283 g/mol. The molecule has 0 unspecified atom stereocenters. The molecular formula is C17H15FN2O2. The van der Waals surface area contributed by atoms with Crippen LogP contribution >= 0.6 is 0 Å². The minimum Gasteiger partial charge on any atom is -0.355 e. The highest BCUT2D eigenvalue weighted by atomic mass is 19.1. The first-order valence-corrected chi connectivity index (χ1v) is 6.65. The van der Waals surface area contributed by atoms with E-state index in [0.717, 1.165) is 5.56 Å². The molecule has 0 aliphatic heterocycles. The van der Waals surface area contributed by atoms with Gasteiger partial charge in [0.1, 0.15) is 5.82 Å². The van der Waals surface area contributed by atoms with Crippen molar-refractivity contribution in [1.82, 2.24) is 5.32 Å².